The Kier molecular flexibility index (Phi) is 11.0. The van der Waals surface area contributed by atoms with Crippen LogP contribution in [0.5, 0.6) is 5.75 Å². The molecule has 3 aromatic rings. The molecule has 0 saturated carbocycles. The quantitative estimate of drug-likeness (QED) is 0.206. The molecule has 0 aromatic heterocycles. The first-order valence-corrected chi connectivity index (χ1v) is 13.1. The molecule has 1 atom stereocenters. The zero-order valence-corrected chi connectivity index (χ0v) is 21.0. The smallest absolute Gasteiger partial charge is 0.119 e. The molecule has 3 rings (SSSR count). The van der Waals surface area contributed by atoms with Crippen LogP contribution in [0.25, 0.3) is 21.9 Å². The lowest BCUT2D eigenvalue weighted by Gasteiger charge is -2.09. The molecule has 1 unspecified atom stereocenters. The van der Waals surface area contributed by atoms with Gasteiger partial charge in [-0.15, -0.1) is 0 Å². The number of aliphatic hydroxyl groups excluding tert-OH is 1. The highest BCUT2D eigenvalue weighted by Gasteiger charge is 2.02. The summed E-state index contributed by atoms with van der Waals surface area (Å²) in [6.07, 6.45) is 12.8. The van der Waals surface area contributed by atoms with Gasteiger partial charge in [-0.3, -0.25) is 0 Å². The lowest BCUT2D eigenvalue weighted by atomic mass is 10.00. The van der Waals surface area contributed by atoms with Gasteiger partial charge in [0.05, 0.1) is 6.61 Å². The van der Waals surface area contributed by atoms with Crippen LogP contribution in [-0.2, 0) is 0 Å². The Hall–Kier alpha value is -2.76. The van der Waals surface area contributed by atoms with Crippen molar-refractivity contribution >= 4 is 10.8 Å². The molecule has 0 bridgehead atoms. The summed E-state index contributed by atoms with van der Waals surface area (Å²) in [5.41, 5.74) is 3.30. The average Bonchev–Trinajstić information content (AvgIpc) is 2.86. The second-order valence-electron chi connectivity index (χ2n) is 9.28. The summed E-state index contributed by atoms with van der Waals surface area (Å²) in [5, 5.41) is 11.7. The van der Waals surface area contributed by atoms with Gasteiger partial charge in [0.1, 0.15) is 11.9 Å². The van der Waals surface area contributed by atoms with Crippen LogP contribution in [-0.4, -0.2) is 17.8 Å². The van der Waals surface area contributed by atoms with E-state index in [0.717, 1.165) is 29.7 Å². The molecule has 0 aliphatic rings. The van der Waals surface area contributed by atoms with E-state index in [2.05, 4.69) is 73.4 Å². The number of hydrogen-bond donors (Lipinski definition) is 1. The fourth-order valence-electron chi connectivity index (χ4n) is 4.21. The van der Waals surface area contributed by atoms with Gasteiger partial charge >= 0.3 is 0 Å². The van der Waals surface area contributed by atoms with E-state index in [1.165, 1.54) is 74.3 Å². The highest BCUT2D eigenvalue weighted by Crippen LogP contribution is 2.27. The molecule has 34 heavy (non-hydrogen) atoms. The van der Waals surface area contributed by atoms with E-state index in [1.54, 1.807) is 6.92 Å². The molecule has 1 N–H and O–H groups in total. The summed E-state index contributed by atoms with van der Waals surface area (Å²) >= 11 is 0. The molecule has 3 aromatic carbocycles. The fourth-order valence-corrected chi connectivity index (χ4v) is 4.21. The largest absolute Gasteiger partial charge is 0.494 e. The fraction of sp³-hybridized carbons (Fsp3) is 0.438. The van der Waals surface area contributed by atoms with E-state index in [9.17, 15) is 5.11 Å². The predicted molar refractivity (Wildman–Crippen MR) is 145 cm³/mol. The van der Waals surface area contributed by atoms with Crippen LogP contribution < -0.4 is 4.74 Å². The second-order valence-corrected chi connectivity index (χ2v) is 9.28. The van der Waals surface area contributed by atoms with Crippen molar-refractivity contribution in [2.24, 2.45) is 0 Å². The van der Waals surface area contributed by atoms with Gasteiger partial charge in [-0.25, -0.2) is 0 Å². The van der Waals surface area contributed by atoms with Crippen molar-refractivity contribution < 1.29 is 9.84 Å². The molecule has 0 spiro atoms. The average molecular weight is 457 g/mol. The second kappa shape index (κ2) is 14.5. The van der Waals surface area contributed by atoms with Crippen molar-refractivity contribution in [1.29, 1.82) is 0 Å². The van der Waals surface area contributed by atoms with Gasteiger partial charge < -0.3 is 9.84 Å². The van der Waals surface area contributed by atoms with Crippen molar-refractivity contribution in [3.05, 3.63) is 66.2 Å². The maximum Gasteiger partial charge on any atom is 0.119 e. The van der Waals surface area contributed by atoms with Crippen LogP contribution >= 0.6 is 0 Å². The number of benzene rings is 3. The van der Waals surface area contributed by atoms with Crippen LogP contribution in [0.3, 0.4) is 0 Å². The summed E-state index contributed by atoms with van der Waals surface area (Å²) in [7, 11) is 0. The zero-order valence-electron chi connectivity index (χ0n) is 21.0. The van der Waals surface area contributed by atoms with Crippen LogP contribution in [0.15, 0.2) is 60.7 Å². The van der Waals surface area contributed by atoms with E-state index in [-0.39, 0.29) is 0 Å². The SMILES string of the molecule is CCCCCCCCCCCCOc1ccc(-c2ccc3cc(C#CC(C)O)ccc3c2)cc1. The highest BCUT2D eigenvalue weighted by atomic mass is 16.5. The molecule has 2 heteroatoms. The summed E-state index contributed by atoms with van der Waals surface area (Å²) in [4.78, 5) is 0. The molecule has 0 amide bonds. The summed E-state index contributed by atoms with van der Waals surface area (Å²) in [5.74, 6) is 6.76. The Morgan fingerprint density at radius 3 is 1.97 bits per heavy atom. The van der Waals surface area contributed by atoms with E-state index in [0.29, 0.717) is 0 Å². The Morgan fingerprint density at radius 2 is 1.29 bits per heavy atom. The maximum atomic E-state index is 9.35. The van der Waals surface area contributed by atoms with Gasteiger partial charge in [-0.2, -0.15) is 0 Å². The molecule has 180 valence electrons. The molecule has 0 radical (unpaired) electrons. The molecule has 0 heterocycles. The predicted octanol–water partition coefficient (Wildman–Crippen LogP) is 8.54. The van der Waals surface area contributed by atoms with Crippen molar-refractivity contribution in [3.8, 4) is 28.7 Å². The molecule has 0 fully saturated rings. The van der Waals surface area contributed by atoms with Crippen molar-refractivity contribution in [2.45, 2.75) is 84.2 Å². The monoisotopic (exact) mass is 456 g/mol. The van der Waals surface area contributed by atoms with E-state index in [1.807, 2.05) is 6.07 Å². The summed E-state index contributed by atoms with van der Waals surface area (Å²) in [6, 6.07) is 21.1. The minimum absolute atomic E-state index is 0.611. The first-order chi connectivity index (χ1) is 16.7. The lowest BCUT2D eigenvalue weighted by molar-refractivity contribution is 0.253. The lowest BCUT2D eigenvalue weighted by Crippen LogP contribution is -1.97. The number of ether oxygens (including phenoxy) is 1. The van der Waals surface area contributed by atoms with Crippen molar-refractivity contribution in [2.75, 3.05) is 6.61 Å². The Labute approximate surface area is 206 Å². The minimum atomic E-state index is -0.611. The molecule has 0 saturated heterocycles. The highest BCUT2D eigenvalue weighted by molar-refractivity contribution is 5.88. The van der Waals surface area contributed by atoms with Gasteiger partial charge in [0.2, 0.25) is 0 Å². The van der Waals surface area contributed by atoms with Crippen molar-refractivity contribution in [3.63, 3.8) is 0 Å². The maximum absolute atomic E-state index is 9.35. The third-order valence-electron chi connectivity index (χ3n) is 6.22. The summed E-state index contributed by atoms with van der Waals surface area (Å²) in [6.45, 7) is 4.75. The van der Waals surface area contributed by atoms with Gasteiger partial charge in [-0.1, -0.05) is 107 Å². The zero-order chi connectivity index (χ0) is 24.0. The molecular formula is C32H40O2. The molecule has 0 aliphatic heterocycles. The minimum Gasteiger partial charge on any atom is -0.494 e. The molecule has 2 nitrogen and oxygen atoms in total. The topological polar surface area (TPSA) is 29.5 Å². The van der Waals surface area contributed by atoms with Gasteiger partial charge in [0.15, 0.2) is 0 Å². The number of fused-ring (bicyclic) bond motifs is 1. The molecular weight excluding hydrogens is 416 g/mol. The van der Waals surface area contributed by atoms with Crippen LogP contribution in [0.2, 0.25) is 0 Å². The van der Waals surface area contributed by atoms with Gasteiger partial charge in [-0.05, 0) is 65.6 Å². The Bertz CT molecular complexity index is 1050. The van der Waals surface area contributed by atoms with Crippen LogP contribution in [0.4, 0.5) is 0 Å². The van der Waals surface area contributed by atoms with Gasteiger partial charge in [0, 0.05) is 5.56 Å². The Balaban J connectivity index is 1.42. The van der Waals surface area contributed by atoms with Gasteiger partial charge in [0.25, 0.3) is 0 Å². The normalized spacial score (nSPS) is 11.7. The number of rotatable bonds is 13. The summed E-state index contributed by atoms with van der Waals surface area (Å²) < 4.78 is 5.96. The standard InChI is InChI=1S/C32H40O2/c1-3-4-5-6-7-8-9-10-11-12-23-34-32-21-19-28(20-22-32)30-18-17-29-24-27(14-13-26(2)33)15-16-31(29)25-30/h15-22,24-26,33H,3-12,23H2,1-2H3. The van der Waals surface area contributed by atoms with E-state index in [4.69, 9.17) is 4.74 Å². The molecule has 0 aliphatic carbocycles. The number of unbranched alkanes of at least 4 members (excludes halogenated alkanes) is 9. The Morgan fingerprint density at radius 1 is 0.706 bits per heavy atom. The van der Waals surface area contributed by atoms with Crippen LogP contribution in [0.1, 0.15) is 83.6 Å². The number of aliphatic hydroxyl groups is 1. The first kappa shape index (κ1) is 25.9. The van der Waals surface area contributed by atoms with Crippen LogP contribution in [0, 0.1) is 11.8 Å². The third kappa shape index (κ3) is 8.88. The first-order valence-electron chi connectivity index (χ1n) is 13.1. The third-order valence-corrected chi connectivity index (χ3v) is 6.22. The van der Waals surface area contributed by atoms with Crippen molar-refractivity contribution in [1.82, 2.24) is 0 Å². The number of hydrogen-bond acceptors (Lipinski definition) is 2. The van der Waals surface area contributed by atoms with E-state index < -0.39 is 6.10 Å². The van der Waals surface area contributed by atoms with E-state index >= 15 is 0 Å².